The number of ketones is 1. The van der Waals surface area contributed by atoms with Crippen LogP contribution in [0.4, 0.5) is 0 Å². The third-order valence-electron chi connectivity index (χ3n) is 8.43. The molecule has 0 spiro atoms. The lowest BCUT2D eigenvalue weighted by Gasteiger charge is -2.48. The van der Waals surface area contributed by atoms with Crippen molar-refractivity contribution in [1.82, 2.24) is 5.32 Å². The van der Waals surface area contributed by atoms with E-state index in [0.717, 1.165) is 6.42 Å². The predicted octanol–water partition coefficient (Wildman–Crippen LogP) is -5.33. The fraction of sp³-hybridized carbons (Fsp3) is 0.962. The summed E-state index contributed by atoms with van der Waals surface area (Å²) in [4.78, 5) is 12.8. The Morgan fingerprint density at radius 1 is 0.952 bits per heavy atom. The maximum atomic E-state index is 12.8. The molecule has 16 N–H and O–H groups in total. The number of hydrogen-bond donors (Lipinski definition) is 11. The number of carbonyl (C=O) groups is 1. The van der Waals surface area contributed by atoms with Crippen molar-refractivity contribution in [3.05, 3.63) is 0 Å². The average Bonchev–Trinajstić information content (AvgIpc) is 2.97. The molecule has 16 heteroatoms. The lowest BCUT2D eigenvalue weighted by molar-refractivity contribution is -0.318. The Morgan fingerprint density at radius 3 is 2.31 bits per heavy atom. The molecule has 0 amide bonds. The zero-order chi connectivity index (χ0) is 31.0. The van der Waals surface area contributed by atoms with Gasteiger partial charge in [-0.1, -0.05) is 0 Å². The van der Waals surface area contributed by atoms with Crippen LogP contribution < -0.4 is 34.0 Å². The number of Topliss-reactive ketones (excluding diaryl/α,β-unsaturated/α-hetero) is 1. The summed E-state index contributed by atoms with van der Waals surface area (Å²) in [7, 11) is 0. The van der Waals surface area contributed by atoms with Crippen molar-refractivity contribution in [3.63, 3.8) is 0 Å². The summed E-state index contributed by atoms with van der Waals surface area (Å²) in [6, 6.07) is -2.20. The number of aliphatic hydroxyl groups excluding tert-OH is 5. The van der Waals surface area contributed by atoms with E-state index in [2.05, 4.69) is 5.32 Å². The summed E-state index contributed by atoms with van der Waals surface area (Å²) in [5, 5.41) is 55.8. The highest BCUT2D eigenvalue weighted by Gasteiger charge is 2.51. The Labute approximate surface area is 246 Å². The quantitative estimate of drug-likeness (QED) is 0.0773. The molecule has 3 fully saturated rings. The topological polar surface area (TPSA) is 297 Å². The molecule has 42 heavy (non-hydrogen) atoms. The van der Waals surface area contributed by atoms with E-state index in [0.29, 0.717) is 25.9 Å². The summed E-state index contributed by atoms with van der Waals surface area (Å²) in [6.07, 6.45) is -9.33. The van der Waals surface area contributed by atoms with Crippen LogP contribution in [0, 0.1) is 5.92 Å². The average molecular weight is 609 g/mol. The number of aliphatic hydroxyl groups is 5. The Balaban J connectivity index is 1.83. The lowest BCUT2D eigenvalue weighted by Crippen LogP contribution is -2.66. The number of carbonyl (C=O) groups excluding carboxylic acids is 1. The highest BCUT2D eigenvalue weighted by atomic mass is 16.7. The summed E-state index contributed by atoms with van der Waals surface area (Å²) < 4.78 is 24.1. The van der Waals surface area contributed by atoms with E-state index in [1.165, 1.54) is 0 Å². The smallest absolute Gasteiger partial charge is 0.186 e. The van der Waals surface area contributed by atoms with Gasteiger partial charge in [-0.2, -0.15) is 0 Å². The van der Waals surface area contributed by atoms with Gasteiger partial charge in [0, 0.05) is 19.0 Å². The first-order chi connectivity index (χ1) is 20.1. The van der Waals surface area contributed by atoms with E-state index < -0.39 is 85.7 Å². The van der Waals surface area contributed by atoms with Gasteiger partial charge < -0.3 is 78.5 Å². The number of nitrogens with one attached hydrogen (secondary N) is 1. The number of nitrogens with two attached hydrogens (primary N) is 5. The first kappa shape index (κ1) is 35.5. The van der Waals surface area contributed by atoms with Crippen LogP contribution in [0.5, 0.6) is 0 Å². The van der Waals surface area contributed by atoms with Gasteiger partial charge in [-0.15, -0.1) is 0 Å². The van der Waals surface area contributed by atoms with Crippen molar-refractivity contribution in [1.29, 1.82) is 0 Å². The van der Waals surface area contributed by atoms with Crippen molar-refractivity contribution >= 4 is 5.78 Å². The second-order valence-electron chi connectivity index (χ2n) is 11.5. The van der Waals surface area contributed by atoms with Gasteiger partial charge in [0.1, 0.15) is 36.6 Å². The molecule has 0 radical (unpaired) electrons. The summed E-state index contributed by atoms with van der Waals surface area (Å²) in [5.74, 6) is -1.22. The maximum Gasteiger partial charge on any atom is 0.186 e. The standard InChI is InChI=1S/C26H52N6O10/c27-5-1-7-32-15-3-2-13(10-29)39-25(15)42-24-14(30)8-12(9-17(35)16(34)4-6-28)23(22(24)38)41-26-21(37)19(31)20(36)18(11-33)40-26/h12-16,18-26,32-34,36-38H,1-11,27-31H2/t12-,13-,14-,15+,16-,18+,19-,20+,21+,22+,23-,24?,25+,26+/m0/s1. The molecule has 0 aromatic rings. The molecular weight excluding hydrogens is 556 g/mol. The zero-order valence-electron chi connectivity index (χ0n) is 24.0. The normalized spacial score (nSPS) is 41.9. The summed E-state index contributed by atoms with van der Waals surface area (Å²) in [6.45, 7) is 0.929. The van der Waals surface area contributed by atoms with Gasteiger partial charge in [-0.05, 0) is 57.7 Å². The number of hydrogen-bond acceptors (Lipinski definition) is 16. The first-order valence-electron chi connectivity index (χ1n) is 14.9. The van der Waals surface area contributed by atoms with Gasteiger partial charge in [0.25, 0.3) is 0 Å². The maximum absolute atomic E-state index is 12.8. The predicted molar refractivity (Wildman–Crippen MR) is 149 cm³/mol. The van der Waals surface area contributed by atoms with Gasteiger partial charge in [0.05, 0.1) is 30.9 Å². The monoisotopic (exact) mass is 608 g/mol. The fourth-order valence-electron chi connectivity index (χ4n) is 5.90. The highest BCUT2D eigenvalue weighted by molar-refractivity contribution is 5.83. The number of rotatable bonds is 15. The lowest BCUT2D eigenvalue weighted by atomic mass is 9.76. The van der Waals surface area contributed by atoms with Gasteiger partial charge in [-0.25, -0.2) is 0 Å². The fourth-order valence-corrected chi connectivity index (χ4v) is 5.90. The minimum absolute atomic E-state index is 0.0622. The van der Waals surface area contributed by atoms with Gasteiger partial charge in [0.2, 0.25) is 0 Å². The van der Waals surface area contributed by atoms with E-state index in [1.54, 1.807) is 0 Å². The third kappa shape index (κ3) is 8.83. The molecule has 2 aliphatic heterocycles. The van der Waals surface area contributed by atoms with Crippen molar-refractivity contribution in [3.8, 4) is 0 Å². The molecule has 1 unspecified atom stereocenters. The van der Waals surface area contributed by atoms with Crippen molar-refractivity contribution in [2.45, 2.75) is 118 Å². The van der Waals surface area contributed by atoms with E-state index in [-0.39, 0.29) is 44.5 Å². The second kappa shape index (κ2) is 17.0. The Kier molecular flexibility index (Phi) is 14.3. The third-order valence-corrected chi connectivity index (χ3v) is 8.43. The van der Waals surface area contributed by atoms with Crippen LogP contribution in [-0.2, 0) is 23.7 Å². The number of ether oxygens (including phenoxy) is 4. The molecule has 1 saturated carbocycles. The van der Waals surface area contributed by atoms with Crippen LogP contribution in [0.2, 0.25) is 0 Å². The van der Waals surface area contributed by atoms with E-state index in [4.69, 9.17) is 47.6 Å². The Hall–Kier alpha value is -0.930. The Morgan fingerprint density at radius 2 is 1.67 bits per heavy atom. The molecule has 14 atom stereocenters. The molecule has 0 aromatic carbocycles. The van der Waals surface area contributed by atoms with Crippen LogP contribution in [0.1, 0.15) is 38.5 Å². The van der Waals surface area contributed by atoms with Crippen LogP contribution in [0.15, 0.2) is 0 Å². The summed E-state index contributed by atoms with van der Waals surface area (Å²) >= 11 is 0. The van der Waals surface area contributed by atoms with Crippen molar-refractivity contribution in [2.75, 3.05) is 32.8 Å². The molecular formula is C26H52N6O10. The van der Waals surface area contributed by atoms with Crippen molar-refractivity contribution in [2.24, 2.45) is 34.6 Å². The van der Waals surface area contributed by atoms with Gasteiger partial charge >= 0.3 is 0 Å². The van der Waals surface area contributed by atoms with E-state index in [1.807, 2.05) is 0 Å². The van der Waals surface area contributed by atoms with E-state index in [9.17, 15) is 30.3 Å². The molecule has 3 aliphatic rings. The van der Waals surface area contributed by atoms with Crippen molar-refractivity contribution < 1.29 is 49.3 Å². The van der Waals surface area contributed by atoms with Crippen LogP contribution in [0.25, 0.3) is 0 Å². The van der Waals surface area contributed by atoms with E-state index >= 15 is 0 Å². The molecule has 3 rings (SSSR count). The SMILES string of the molecule is NCCCN[C@@H]1CC[C@@H](CN)O[C@@H]1OC1[C@@H](N)C[C@@H](CC(=O)[C@@H](O)CCN)[C@H](O[C@H]2O[C@H](CO)[C@@H](O)[C@H](N)[C@H]2O)[C@H]1O. The second-order valence-corrected chi connectivity index (χ2v) is 11.5. The molecule has 2 heterocycles. The molecule has 0 aromatic heterocycles. The van der Waals surface area contributed by atoms with Gasteiger partial charge in [-0.3, -0.25) is 4.79 Å². The highest BCUT2D eigenvalue weighted by Crippen LogP contribution is 2.36. The van der Waals surface area contributed by atoms with Gasteiger partial charge in [0.15, 0.2) is 18.4 Å². The molecule has 16 nitrogen and oxygen atoms in total. The minimum Gasteiger partial charge on any atom is -0.394 e. The largest absolute Gasteiger partial charge is 0.394 e. The first-order valence-corrected chi connectivity index (χ1v) is 14.9. The molecule has 1 aliphatic carbocycles. The molecule has 2 saturated heterocycles. The molecule has 246 valence electrons. The zero-order valence-corrected chi connectivity index (χ0v) is 24.0. The Bertz CT molecular complexity index is 816. The van der Waals surface area contributed by atoms with Crippen LogP contribution >= 0.6 is 0 Å². The van der Waals surface area contributed by atoms with Crippen LogP contribution in [0.3, 0.4) is 0 Å². The summed E-state index contributed by atoms with van der Waals surface area (Å²) in [5.41, 5.74) is 29.5. The van der Waals surface area contributed by atoms with Crippen LogP contribution in [-0.4, -0.2) is 144 Å². The molecule has 0 bridgehead atoms. The minimum atomic E-state index is -1.52.